The molecule has 34 heavy (non-hydrogen) atoms. The number of hydrogen-bond acceptors (Lipinski definition) is 5. The summed E-state index contributed by atoms with van der Waals surface area (Å²) in [5, 5.41) is 9.34. The van der Waals surface area contributed by atoms with Gasteiger partial charge in [0.1, 0.15) is 16.8 Å². The van der Waals surface area contributed by atoms with Crippen molar-refractivity contribution in [2.75, 3.05) is 13.1 Å². The molecule has 8 heteroatoms. The Morgan fingerprint density at radius 2 is 1.82 bits per heavy atom. The number of piperidine rings is 1. The van der Waals surface area contributed by atoms with Crippen molar-refractivity contribution in [3.63, 3.8) is 0 Å². The number of nitrogens with one attached hydrogen (secondary N) is 1. The van der Waals surface area contributed by atoms with Crippen LogP contribution in [0.4, 0.5) is 0 Å². The minimum atomic E-state index is -0.249. The monoisotopic (exact) mass is 456 g/mol. The predicted molar refractivity (Wildman–Crippen MR) is 130 cm³/mol. The third-order valence-corrected chi connectivity index (χ3v) is 6.61. The molecule has 0 aliphatic carbocycles. The van der Waals surface area contributed by atoms with Gasteiger partial charge in [0.15, 0.2) is 0 Å². The van der Waals surface area contributed by atoms with Crippen molar-refractivity contribution in [1.29, 1.82) is 5.41 Å². The maximum absolute atomic E-state index is 13.6. The number of nitrogens with zero attached hydrogens (tertiary/aromatic N) is 5. The van der Waals surface area contributed by atoms with Gasteiger partial charge in [-0.05, 0) is 60.6 Å². The van der Waals surface area contributed by atoms with E-state index in [1.165, 1.54) is 4.40 Å². The lowest BCUT2D eigenvalue weighted by Crippen LogP contribution is -2.45. The molecule has 2 unspecified atom stereocenters. The standard InChI is InChI=1S/C26H28N6O2/c1-16-11-17(2)14-30(13-16)25(33)20-12-21-24(29-23-18(3)5-4-10-31(23)26(21)34)32(22(20)27)15-19-6-8-28-9-7-19/h4-10,12,16-17,27H,11,13-15H2,1-3H3. The van der Waals surface area contributed by atoms with E-state index in [0.29, 0.717) is 48.2 Å². The Bertz CT molecular complexity index is 1510. The Kier molecular flexibility index (Phi) is 5.51. The van der Waals surface area contributed by atoms with Crippen LogP contribution >= 0.6 is 0 Å². The molecule has 0 radical (unpaired) electrons. The topological polar surface area (TPSA) is 96.3 Å². The molecule has 2 atom stereocenters. The van der Waals surface area contributed by atoms with Crippen LogP contribution in [0.15, 0.2) is 53.7 Å². The highest BCUT2D eigenvalue weighted by molar-refractivity contribution is 5.97. The van der Waals surface area contributed by atoms with Gasteiger partial charge in [-0.2, -0.15) is 0 Å². The molecule has 8 nitrogen and oxygen atoms in total. The number of amides is 1. The van der Waals surface area contributed by atoms with Gasteiger partial charge in [0.25, 0.3) is 11.5 Å². The zero-order valence-corrected chi connectivity index (χ0v) is 19.7. The highest BCUT2D eigenvalue weighted by Gasteiger charge is 2.28. The Morgan fingerprint density at radius 3 is 2.53 bits per heavy atom. The average molecular weight is 457 g/mol. The van der Waals surface area contributed by atoms with Gasteiger partial charge in [-0.3, -0.25) is 24.4 Å². The second-order valence-corrected chi connectivity index (χ2v) is 9.54. The van der Waals surface area contributed by atoms with E-state index in [9.17, 15) is 9.59 Å². The van der Waals surface area contributed by atoms with E-state index >= 15 is 0 Å². The summed E-state index contributed by atoms with van der Waals surface area (Å²) in [6.07, 6.45) is 6.15. The highest BCUT2D eigenvalue weighted by Crippen LogP contribution is 2.23. The maximum atomic E-state index is 13.6. The molecule has 1 amide bonds. The van der Waals surface area contributed by atoms with Gasteiger partial charge in [0, 0.05) is 31.7 Å². The van der Waals surface area contributed by atoms with Crippen LogP contribution in [0.25, 0.3) is 16.7 Å². The molecule has 5 heterocycles. The van der Waals surface area contributed by atoms with Crippen LogP contribution in [-0.4, -0.2) is 42.8 Å². The molecule has 5 rings (SSSR count). The highest BCUT2D eigenvalue weighted by atomic mass is 16.2. The number of aryl methyl sites for hydroxylation is 1. The minimum Gasteiger partial charge on any atom is -0.338 e. The lowest BCUT2D eigenvalue weighted by atomic mass is 9.91. The summed E-state index contributed by atoms with van der Waals surface area (Å²) >= 11 is 0. The molecule has 1 aliphatic heterocycles. The Balaban J connectivity index is 1.77. The van der Waals surface area contributed by atoms with Crippen LogP contribution in [0.3, 0.4) is 0 Å². The van der Waals surface area contributed by atoms with Gasteiger partial charge in [-0.1, -0.05) is 19.9 Å². The summed E-state index contributed by atoms with van der Waals surface area (Å²) in [4.78, 5) is 37.9. The summed E-state index contributed by atoms with van der Waals surface area (Å²) in [5.74, 6) is 0.582. The molecule has 1 N–H and O–H groups in total. The van der Waals surface area contributed by atoms with Gasteiger partial charge >= 0.3 is 0 Å². The summed E-state index contributed by atoms with van der Waals surface area (Å²) in [6, 6.07) is 9.00. The number of pyridine rings is 3. The maximum Gasteiger partial charge on any atom is 0.267 e. The number of carbonyl (C=O) groups is 1. The molecular formula is C26H28N6O2. The Labute approximate surface area is 197 Å². The third-order valence-electron chi connectivity index (χ3n) is 6.61. The first kappa shape index (κ1) is 22.0. The first-order chi connectivity index (χ1) is 16.3. The van der Waals surface area contributed by atoms with Crippen LogP contribution in [0.5, 0.6) is 0 Å². The van der Waals surface area contributed by atoms with Crippen molar-refractivity contribution in [1.82, 2.24) is 23.8 Å². The van der Waals surface area contributed by atoms with E-state index in [0.717, 1.165) is 17.5 Å². The molecular weight excluding hydrogens is 428 g/mol. The lowest BCUT2D eigenvalue weighted by molar-refractivity contribution is 0.0620. The molecule has 4 aromatic heterocycles. The number of fused-ring (bicyclic) bond motifs is 2. The Hall–Kier alpha value is -3.81. The van der Waals surface area contributed by atoms with Crippen molar-refractivity contribution in [3.8, 4) is 0 Å². The van der Waals surface area contributed by atoms with Crippen LogP contribution in [0.1, 0.15) is 41.8 Å². The molecule has 0 saturated carbocycles. The molecule has 0 spiro atoms. The van der Waals surface area contributed by atoms with Crippen molar-refractivity contribution < 1.29 is 4.79 Å². The summed E-state index contributed by atoms with van der Waals surface area (Å²) < 4.78 is 3.18. The van der Waals surface area contributed by atoms with E-state index in [-0.39, 0.29) is 22.5 Å². The van der Waals surface area contributed by atoms with Gasteiger partial charge in [-0.25, -0.2) is 4.98 Å². The van der Waals surface area contributed by atoms with E-state index in [1.807, 2.05) is 36.1 Å². The van der Waals surface area contributed by atoms with Crippen molar-refractivity contribution in [2.24, 2.45) is 11.8 Å². The van der Waals surface area contributed by atoms with E-state index in [4.69, 9.17) is 10.4 Å². The first-order valence-corrected chi connectivity index (χ1v) is 11.6. The van der Waals surface area contributed by atoms with E-state index in [2.05, 4.69) is 18.8 Å². The quantitative estimate of drug-likeness (QED) is 0.479. The van der Waals surface area contributed by atoms with Crippen LogP contribution < -0.4 is 11.0 Å². The Morgan fingerprint density at radius 1 is 1.12 bits per heavy atom. The van der Waals surface area contributed by atoms with Gasteiger partial charge < -0.3 is 9.47 Å². The van der Waals surface area contributed by atoms with Gasteiger partial charge in [0.2, 0.25) is 0 Å². The number of hydrogen-bond donors (Lipinski definition) is 1. The first-order valence-electron chi connectivity index (χ1n) is 11.6. The lowest BCUT2D eigenvalue weighted by Gasteiger charge is -2.35. The number of likely N-dealkylation sites (tertiary alicyclic amines) is 1. The summed E-state index contributed by atoms with van der Waals surface area (Å²) in [5.41, 5.74) is 2.76. The normalized spacial score (nSPS) is 18.5. The minimum absolute atomic E-state index is 0.0602. The predicted octanol–water partition coefficient (Wildman–Crippen LogP) is 3.00. The van der Waals surface area contributed by atoms with E-state index < -0.39 is 0 Å². The molecule has 0 bridgehead atoms. The van der Waals surface area contributed by atoms with Crippen molar-refractivity contribution in [2.45, 2.75) is 33.7 Å². The molecule has 1 aliphatic rings. The van der Waals surface area contributed by atoms with Crippen LogP contribution in [0, 0.1) is 24.2 Å². The molecule has 4 aromatic rings. The summed E-state index contributed by atoms with van der Waals surface area (Å²) in [6.45, 7) is 7.80. The fourth-order valence-electron chi connectivity index (χ4n) is 5.08. The van der Waals surface area contributed by atoms with E-state index in [1.54, 1.807) is 29.2 Å². The van der Waals surface area contributed by atoms with Crippen molar-refractivity contribution in [3.05, 3.63) is 81.5 Å². The van der Waals surface area contributed by atoms with Crippen LogP contribution in [-0.2, 0) is 6.54 Å². The zero-order chi connectivity index (χ0) is 24.0. The number of carbonyl (C=O) groups excluding carboxylic acids is 1. The smallest absolute Gasteiger partial charge is 0.267 e. The fraction of sp³-hybridized carbons (Fsp3) is 0.346. The largest absolute Gasteiger partial charge is 0.338 e. The van der Waals surface area contributed by atoms with Gasteiger partial charge in [-0.15, -0.1) is 0 Å². The molecule has 174 valence electrons. The fourth-order valence-corrected chi connectivity index (χ4v) is 5.08. The summed E-state index contributed by atoms with van der Waals surface area (Å²) in [7, 11) is 0. The second kappa shape index (κ2) is 8.52. The number of rotatable bonds is 3. The average Bonchev–Trinajstić information content (AvgIpc) is 2.81. The van der Waals surface area contributed by atoms with Crippen molar-refractivity contribution >= 4 is 22.6 Å². The van der Waals surface area contributed by atoms with Crippen LogP contribution in [0.2, 0.25) is 0 Å². The number of aromatic nitrogens is 4. The molecule has 1 fully saturated rings. The SMILES string of the molecule is Cc1cccn2c(=O)c3cc(C(=O)N4CC(C)CC(C)C4)c(=N)n(Cc4ccncc4)c3nc12. The molecule has 1 saturated heterocycles. The third kappa shape index (κ3) is 3.79. The van der Waals surface area contributed by atoms with Gasteiger partial charge in [0.05, 0.1) is 17.5 Å². The molecule has 0 aromatic carbocycles. The zero-order valence-electron chi connectivity index (χ0n) is 19.7. The second-order valence-electron chi connectivity index (χ2n) is 9.54.